The average molecular weight is 335 g/mol. The number of hydrogen-bond acceptors (Lipinski definition) is 3. The lowest BCUT2D eigenvalue weighted by Gasteiger charge is -2.39. The molecule has 1 fully saturated rings. The molecule has 0 spiro atoms. The maximum atomic E-state index is 13.0. The lowest BCUT2D eigenvalue weighted by Crippen LogP contribution is -2.54. The van der Waals surface area contributed by atoms with Crippen molar-refractivity contribution in [3.8, 4) is 0 Å². The monoisotopic (exact) mass is 335 g/mol. The Labute approximate surface area is 149 Å². The average Bonchev–Trinajstić information content (AvgIpc) is 3.12. The van der Waals surface area contributed by atoms with Crippen molar-refractivity contribution in [2.45, 2.75) is 19.4 Å². The first-order valence-electron chi connectivity index (χ1n) is 9.17. The molecule has 1 amide bonds. The lowest BCUT2D eigenvalue weighted by atomic mass is 10.1. The number of carbonyl (C=O) groups is 1. The molecule has 2 aromatic carbocycles. The lowest BCUT2D eigenvalue weighted by molar-refractivity contribution is -0.123. The predicted octanol–water partition coefficient (Wildman–Crippen LogP) is 2.79. The zero-order valence-corrected chi connectivity index (χ0v) is 14.8. The molecule has 0 bridgehead atoms. The minimum Gasteiger partial charge on any atom is -0.369 e. The Morgan fingerprint density at radius 3 is 2.32 bits per heavy atom. The first-order valence-corrected chi connectivity index (χ1v) is 9.17. The highest BCUT2D eigenvalue weighted by Gasteiger charge is 2.32. The van der Waals surface area contributed by atoms with Gasteiger partial charge in [0.15, 0.2) is 0 Å². The summed E-state index contributed by atoms with van der Waals surface area (Å²) in [6, 6.07) is 18.7. The fraction of sp³-hybridized carbons (Fsp3) is 0.381. The van der Waals surface area contributed by atoms with E-state index in [0.717, 1.165) is 44.8 Å². The molecule has 130 valence electrons. The van der Waals surface area contributed by atoms with Gasteiger partial charge >= 0.3 is 0 Å². The van der Waals surface area contributed by atoms with Gasteiger partial charge in [-0.1, -0.05) is 36.4 Å². The molecule has 2 heterocycles. The van der Waals surface area contributed by atoms with Crippen molar-refractivity contribution in [3.05, 3.63) is 60.2 Å². The molecule has 0 aromatic heterocycles. The molecule has 4 nitrogen and oxygen atoms in total. The van der Waals surface area contributed by atoms with Gasteiger partial charge in [-0.3, -0.25) is 9.69 Å². The zero-order valence-electron chi connectivity index (χ0n) is 14.8. The predicted molar refractivity (Wildman–Crippen MR) is 102 cm³/mol. The van der Waals surface area contributed by atoms with E-state index in [2.05, 4.69) is 59.2 Å². The van der Waals surface area contributed by atoms with Crippen LogP contribution < -0.4 is 9.80 Å². The maximum absolute atomic E-state index is 13.0. The van der Waals surface area contributed by atoms with E-state index in [1.54, 1.807) is 0 Å². The molecule has 25 heavy (non-hydrogen) atoms. The van der Waals surface area contributed by atoms with Gasteiger partial charge in [0.2, 0.25) is 5.91 Å². The van der Waals surface area contributed by atoms with Crippen molar-refractivity contribution in [1.29, 1.82) is 0 Å². The van der Waals surface area contributed by atoms with Crippen LogP contribution in [-0.2, 0) is 11.2 Å². The van der Waals surface area contributed by atoms with Crippen LogP contribution in [0.25, 0.3) is 0 Å². The molecule has 2 aliphatic rings. The van der Waals surface area contributed by atoms with Gasteiger partial charge < -0.3 is 9.80 Å². The van der Waals surface area contributed by atoms with Gasteiger partial charge in [0.1, 0.15) is 0 Å². The Hall–Kier alpha value is -2.33. The first-order chi connectivity index (χ1) is 12.2. The first kappa shape index (κ1) is 16.2. The number of benzene rings is 2. The van der Waals surface area contributed by atoms with Gasteiger partial charge in [-0.15, -0.1) is 0 Å². The van der Waals surface area contributed by atoms with Crippen LogP contribution in [0.4, 0.5) is 11.4 Å². The summed E-state index contributed by atoms with van der Waals surface area (Å²) in [7, 11) is 0. The second-order valence-electron chi connectivity index (χ2n) is 6.90. The summed E-state index contributed by atoms with van der Waals surface area (Å²) in [5.41, 5.74) is 3.66. The SMILES string of the molecule is C[C@@H](C(=O)N1CCc2ccccc21)N1CCN(c2ccccc2)CC1. The van der Waals surface area contributed by atoms with Crippen LogP contribution in [0.5, 0.6) is 0 Å². The van der Waals surface area contributed by atoms with Gasteiger partial charge in [-0.25, -0.2) is 0 Å². The number of para-hydroxylation sites is 2. The molecule has 0 unspecified atom stereocenters. The summed E-state index contributed by atoms with van der Waals surface area (Å²) in [6.07, 6.45) is 0.969. The normalized spacial score (nSPS) is 18.9. The minimum atomic E-state index is -0.0657. The minimum absolute atomic E-state index is 0.0657. The molecule has 1 saturated heterocycles. The number of piperazine rings is 1. The molecular formula is C21H25N3O. The molecule has 4 rings (SSSR count). The molecular weight excluding hydrogens is 310 g/mol. The number of carbonyl (C=O) groups excluding carboxylic acids is 1. The van der Waals surface area contributed by atoms with E-state index in [1.165, 1.54) is 11.3 Å². The second kappa shape index (κ2) is 6.89. The number of nitrogens with zero attached hydrogens (tertiary/aromatic N) is 3. The number of rotatable bonds is 3. The maximum Gasteiger partial charge on any atom is 0.244 e. The third-order valence-electron chi connectivity index (χ3n) is 5.49. The second-order valence-corrected chi connectivity index (χ2v) is 6.90. The zero-order chi connectivity index (χ0) is 17.2. The molecule has 2 aliphatic heterocycles. The van der Waals surface area contributed by atoms with Crippen molar-refractivity contribution in [2.75, 3.05) is 42.5 Å². The molecule has 0 saturated carbocycles. The van der Waals surface area contributed by atoms with Crippen LogP contribution in [0.1, 0.15) is 12.5 Å². The van der Waals surface area contributed by atoms with E-state index in [-0.39, 0.29) is 11.9 Å². The quantitative estimate of drug-likeness (QED) is 0.863. The summed E-state index contributed by atoms with van der Waals surface area (Å²) in [5, 5.41) is 0. The Kier molecular flexibility index (Phi) is 4.45. The Morgan fingerprint density at radius 1 is 0.880 bits per heavy atom. The number of fused-ring (bicyclic) bond motifs is 1. The van der Waals surface area contributed by atoms with E-state index in [4.69, 9.17) is 0 Å². The van der Waals surface area contributed by atoms with Crippen LogP contribution in [0.3, 0.4) is 0 Å². The van der Waals surface area contributed by atoms with Crippen LogP contribution in [-0.4, -0.2) is 49.6 Å². The number of hydrogen-bond donors (Lipinski definition) is 0. The molecule has 1 atom stereocenters. The van der Waals surface area contributed by atoms with E-state index in [9.17, 15) is 4.79 Å². The Balaban J connectivity index is 1.39. The fourth-order valence-electron chi connectivity index (χ4n) is 3.96. The van der Waals surface area contributed by atoms with Gasteiger partial charge in [0.25, 0.3) is 0 Å². The third kappa shape index (κ3) is 3.14. The highest BCUT2D eigenvalue weighted by Crippen LogP contribution is 2.28. The van der Waals surface area contributed by atoms with Crippen molar-refractivity contribution < 1.29 is 4.79 Å². The summed E-state index contributed by atoms with van der Waals surface area (Å²) >= 11 is 0. The van der Waals surface area contributed by atoms with Crippen molar-refractivity contribution in [1.82, 2.24) is 4.90 Å². The molecule has 2 aromatic rings. The number of amides is 1. The van der Waals surface area contributed by atoms with Gasteiger partial charge in [-0.2, -0.15) is 0 Å². The van der Waals surface area contributed by atoms with Crippen LogP contribution >= 0.6 is 0 Å². The van der Waals surface area contributed by atoms with E-state index >= 15 is 0 Å². The molecule has 0 N–H and O–H groups in total. The van der Waals surface area contributed by atoms with Crippen molar-refractivity contribution in [3.63, 3.8) is 0 Å². The van der Waals surface area contributed by atoms with Crippen LogP contribution in [0, 0.1) is 0 Å². The molecule has 0 radical (unpaired) electrons. The van der Waals surface area contributed by atoms with Crippen LogP contribution in [0.15, 0.2) is 54.6 Å². The molecule has 0 aliphatic carbocycles. The highest BCUT2D eigenvalue weighted by atomic mass is 16.2. The van der Waals surface area contributed by atoms with Gasteiger partial charge in [-0.05, 0) is 37.1 Å². The van der Waals surface area contributed by atoms with Crippen molar-refractivity contribution in [2.24, 2.45) is 0 Å². The summed E-state index contributed by atoms with van der Waals surface area (Å²) in [4.78, 5) is 19.7. The van der Waals surface area contributed by atoms with Gasteiger partial charge in [0, 0.05) is 44.1 Å². The standard InChI is InChI=1S/C21H25N3O/c1-17(21(25)24-12-11-18-7-5-6-10-20(18)24)22-13-15-23(16-14-22)19-8-3-2-4-9-19/h2-10,17H,11-16H2,1H3/t17-/m0/s1. The topological polar surface area (TPSA) is 26.8 Å². The van der Waals surface area contributed by atoms with E-state index in [1.807, 2.05) is 17.0 Å². The van der Waals surface area contributed by atoms with E-state index < -0.39 is 0 Å². The highest BCUT2D eigenvalue weighted by molar-refractivity contribution is 5.98. The van der Waals surface area contributed by atoms with Crippen LogP contribution in [0.2, 0.25) is 0 Å². The number of anilines is 2. The van der Waals surface area contributed by atoms with E-state index in [0.29, 0.717) is 0 Å². The summed E-state index contributed by atoms with van der Waals surface area (Å²) < 4.78 is 0. The molecule has 4 heteroatoms. The summed E-state index contributed by atoms with van der Waals surface area (Å²) in [5.74, 6) is 0.234. The fourth-order valence-corrected chi connectivity index (χ4v) is 3.96. The van der Waals surface area contributed by atoms with Crippen molar-refractivity contribution >= 4 is 17.3 Å². The largest absolute Gasteiger partial charge is 0.369 e. The smallest absolute Gasteiger partial charge is 0.244 e. The third-order valence-corrected chi connectivity index (χ3v) is 5.49. The summed E-state index contributed by atoms with van der Waals surface area (Å²) in [6.45, 7) is 6.67. The van der Waals surface area contributed by atoms with Gasteiger partial charge in [0.05, 0.1) is 6.04 Å². The Morgan fingerprint density at radius 2 is 1.56 bits per heavy atom. The Bertz CT molecular complexity index is 738.